The highest BCUT2D eigenvalue weighted by Gasteiger charge is 2.08. The van der Waals surface area contributed by atoms with Gasteiger partial charge in [0.1, 0.15) is 0 Å². The number of rotatable bonds is 7. The molecule has 0 aliphatic rings. The third kappa shape index (κ3) is 6.58. The number of hydrogen-bond donors (Lipinski definition) is 1. The first-order valence-electron chi connectivity index (χ1n) is 5.10. The summed E-state index contributed by atoms with van der Waals surface area (Å²) in [7, 11) is 0. The van der Waals surface area contributed by atoms with Gasteiger partial charge in [-0.15, -0.1) is 0 Å². The van der Waals surface area contributed by atoms with E-state index in [1.165, 1.54) is 12.8 Å². The second-order valence-corrected chi connectivity index (χ2v) is 3.30. The molecule has 1 atom stereocenters. The predicted molar refractivity (Wildman–Crippen MR) is 53.3 cm³/mol. The normalized spacial score (nSPS) is 12.5. The lowest BCUT2D eigenvalue weighted by Gasteiger charge is -2.13. The maximum atomic E-state index is 10.8. The van der Waals surface area contributed by atoms with E-state index in [1.807, 2.05) is 0 Å². The van der Waals surface area contributed by atoms with E-state index in [4.69, 9.17) is 10.5 Å². The molecule has 3 nitrogen and oxygen atoms in total. The van der Waals surface area contributed by atoms with Crippen molar-refractivity contribution in [3.63, 3.8) is 0 Å². The van der Waals surface area contributed by atoms with Gasteiger partial charge in [0, 0.05) is 0 Å². The average molecular weight is 187 g/mol. The van der Waals surface area contributed by atoms with E-state index in [0.717, 1.165) is 12.8 Å². The number of hydrogen-bond acceptors (Lipinski definition) is 3. The molecule has 78 valence electrons. The van der Waals surface area contributed by atoms with Crippen molar-refractivity contribution in [1.82, 2.24) is 0 Å². The molecule has 0 saturated carbocycles. The fraction of sp³-hybridized carbons (Fsp3) is 0.900. The zero-order chi connectivity index (χ0) is 10.1. The van der Waals surface area contributed by atoms with Crippen LogP contribution in [0.25, 0.3) is 0 Å². The van der Waals surface area contributed by atoms with Gasteiger partial charge in [0.25, 0.3) is 0 Å². The van der Waals surface area contributed by atoms with Gasteiger partial charge in [-0.1, -0.05) is 33.1 Å². The summed E-state index contributed by atoms with van der Waals surface area (Å²) >= 11 is 0. The molecule has 0 aromatic rings. The standard InChI is InChI=1S/C10H21NO2/c1-3-5-6-9(4-2)8-13-10(12)7-11/h9H,3-8,11H2,1-2H3. The van der Waals surface area contributed by atoms with Crippen LogP contribution in [-0.4, -0.2) is 19.1 Å². The van der Waals surface area contributed by atoms with Crippen LogP contribution >= 0.6 is 0 Å². The monoisotopic (exact) mass is 187 g/mol. The second-order valence-electron chi connectivity index (χ2n) is 3.30. The number of ether oxygens (including phenoxy) is 1. The Hall–Kier alpha value is -0.570. The minimum atomic E-state index is -0.296. The molecule has 0 aliphatic carbocycles. The van der Waals surface area contributed by atoms with E-state index in [1.54, 1.807) is 0 Å². The molecule has 0 saturated heterocycles. The van der Waals surface area contributed by atoms with Crippen LogP contribution in [0.1, 0.15) is 39.5 Å². The van der Waals surface area contributed by atoms with Crippen LogP contribution < -0.4 is 5.73 Å². The minimum absolute atomic E-state index is 0.00971. The maximum absolute atomic E-state index is 10.8. The maximum Gasteiger partial charge on any atom is 0.319 e. The zero-order valence-corrected chi connectivity index (χ0v) is 8.71. The van der Waals surface area contributed by atoms with Crippen molar-refractivity contribution >= 4 is 5.97 Å². The molecule has 13 heavy (non-hydrogen) atoms. The van der Waals surface area contributed by atoms with E-state index < -0.39 is 0 Å². The highest BCUT2D eigenvalue weighted by atomic mass is 16.5. The summed E-state index contributed by atoms with van der Waals surface area (Å²) < 4.78 is 4.98. The van der Waals surface area contributed by atoms with Crippen LogP contribution in [0.5, 0.6) is 0 Å². The number of carbonyl (C=O) groups is 1. The Labute approximate surface area is 80.6 Å². The Bertz CT molecular complexity index is 137. The minimum Gasteiger partial charge on any atom is -0.464 e. The molecule has 0 amide bonds. The molecule has 0 aromatic carbocycles. The molecule has 0 heterocycles. The molecule has 1 unspecified atom stereocenters. The summed E-state index contributed by atoms with van der Waals surface area (Å²) in [4.78, 5) is 10.8. The zero-order valence-electron chi connectivity index (χ0n) is 8.71. The lowest BCUT2D eigenvalue weighted by atomic mass is 10.0. The second kappa shape index (κ2) is 8.05. The van der Waals surface area contributed by atoms with E-state index in [9.17, 15) is 4.79 Å². The Morgan fingerprint density at radius 2 is 2.15 bits per heavy atom. The van der Waals surface area contributed by atoms with Gasteiger partial charge in [-0.05, 0) is 12.3 Å². The molecular weight excluding hydrogens is 166 g/mol. The number of carbonyl (C=O) groups excluding carboxylic acids is 1. The summed E-state index contributed by atoms with van der Waals surface area (Å²) in [5.41, 5.74) is 5.13. The third-order valence-electron chi connectivity index (χ3n) is 2.19. The van der Waals surface area contributed by atoms with Crippen LogP contribution in [0.15, 0.2) is 0 Å². The Balaban J connectivity index is 3.52. The number of esters is 1. The lowest BCUT2D eigenvalue weighted by Crippen LogP contribution is -2.20. The fourth-order valence-electron chi connectivity index (χ4n) is 1.17. The predicted octanol–water partition coefficient (Wildman–Crippen LogP) is 1.70. The summed E-state index contributed by atoms with van der Waals surface area (Å²) in [6.45, 7) is 4.81. The first kappa shape index (κ1) is 12.4. The molecule has 3 heteroatoms. The highest BCUT2D eigenvalue weighted by Crippen LogP contribution is 2.12. The topological polar surface area (TPSA) is 52.3 Å². The molecule has 0 rings (SSSR count). The van der Waals surface area contributed by atoms with Crippen molar-refractivity contribution < 1.29 is 9.53 Å². The van der Waals surface area contributed by atoms with Crippen molar-refractivity contribution in [3.05, 3.63) is 0 Å². The van der Waals surface area contributed by atoms with E-state index >= 15 is 0 Å². The van der Waals surface area contributed by atoms with Gasteiger partial charge in [0.15, 0.2) is 0 Å². The molecule has 0 spiro atoms. The van der Waals surface area contributed by atoms with Gasteiger partial charge in [0.05, 0.1) is 13.2 Å². The molecule has 0 aromatic heterocycles. The molecule has 0 bridgehead atoms. The Kier molecular flexibility index (Phi) is 7.69. The summed E-state index contributed by atoms with van der Waals surface area (Å²) in [5, 5.41) is 0. The third-order valence-corrected chi connectivity index (χ3v) is 2.19. The number of unbranched alkanes of at least 4 members (excludes halogenated alkanes) is 1. The smallest absolute Gasteiger partial charge is 0.319 e. The van der Waals surface area contributed by atoms with Crippen molar-refractivity contribution in [2.24, 2.45) is 11.7 Å². The van der Waals surface area contributed by atoms with Gasteiger partial charge in [-0.2, -0.15) is 0 Å². The van der Waals surface area contributed by atoms with E-state index in [-0.39, 0.29) is 12.5 Å². The van der Waals surface area contributed by atoms with Crippen molar-refractivity contribution in [1.29, 1.82) is 0 Å². The largest absolute Gasteiger partial charge is 0.464 e. The highest BCUT2D eigenvalue weighted by molar-refractivity contribution is 5.71. The SMILES string of the molecule is CCCCC(CC)COC(=O)CN. The van der Waals surface area contributed by atoms with Crippen molar-refractivity contribution in [2.45, 2.75) is 39.5 Å². The van der Waals surface area contributed by atoms with E-state index in [0.29, 0.717) is 12.5 Å². The Morgan fingerprint density at radius 1 is 1.46 bits per heavy atom. The molecule has 0 fully saturated rings. The van der Waals surface area contributed by atoms with Crippen molar-refractivity contribution in [2.75, 3.05) is 13.2 Å². The van der Waals surface area contributed by atoms with Crippen LogP contribution in [0.4, 0.5) is 0 Å². The fourth-order valence-corrected chi connectivity index (χ4v) is 1.17. The summed E-state index contributed by atoms with van der Waals surface area (Å²) in [6.07, 6.45) is 4.61. The first-order chi connectivity index (χ1) is 6.24. The Morgan fingerprint density at radius 3 is 2.62 bits per heavy atom. The van der Waals surface area contributed by atoms with Crippen molar-refractivity contribution in [3.8, 4) is 0 Å². The molecular formula is C10H21NO2. The quantitative estimate of drug-likeness (QED) is 0.617. The van der Waals surface area contributed by atoms with Gasteiger partial charge < -0.3 is 10.5 Å². The van der Waals surface area contributed by atoms with Gasteiger partial charge in [-0.3, -0.25) is 4.79 Å². The molecule has 0 radical (unpaired) electrons. The molecule has 0 aliphatic heterocycles. The summed E-state index contributed by atoms with van der Waals surface area (Å²) in [6, 6.07) is 0. The average Bonchev–Trinajstić information content (AvgIpc) is 2.17. The van der Waals surface area contributed by atoms with Gasteiger partial charge >= 0.3 is 5.97 Å². The number of nitrogens with two attached hydrogens (primary N) is 1. The van der Waals surface area contributed by atoms with E-state index in [2.05, 4.69) is 13.8 Å². The molecule has 2 N–H and O–H groups in total. The van der Waals surface area contributed by atoms with Crippen LogP contribution in [0.2, 0.25) is 0 Å². The van der Waals surface area contributed by atoms with Crippen LogP contribution in [0, 0.1) is 5.92 Å². The summed E-state index contributed by atoms with van der Waals surface area (Å²) in [5.74, 6) is 0.213. The van der Waals surface area contributed by atoms with Gasteiger partial charge in [0.2, 0.25) is 0 Å². The van der Waals surface area contributed by atoms with Crippen LogP contribution in [0.3, 0.4) is 0 Å². The first-order valence-corrected chi connectivity index (χ1v) is 5.10. The van der Waals surface area contributed by atoms with Gasteiger partial charge in [-0.25, -0.2) is 0 Å². The lowest BCUT2D eigenvalue weighted by molar-refractivity contribution is -0.143. The van der Waals surface area contributed by atoms with Crippen LogP contribution in [-0.2, 0) is 9.53 Å².